The number of aliphatic hydroxyl groups excluding tert-OH is 1. The summed E-state index contributed by atoms with van der Waals surface area (Å²) in [6.45, 7) is 2.39. The number of fused-ring (bicyclic) bond motifs is 1. The number of piperidine rings is 1. The Balaban J connectivity index is 1.10. The molecule has 2 saturated heterocycles. The quantitative estimate of drug-likeness (QED) is 0.283. The van der Waals surface area contributed by atoms with Crippen molar-refractivity contribution in [1.29, 1.82) is 0 Å². The van der Waals surface area contributed by atoms with Crippen LogP contribution in [0.25, 0.3) is 10.9 Å². The zero-order valence-electron chi connectivity index (χ0n) is 24.6. The minimum absolute atomic E-state index is 0.133. The Morgan fingerprint density at radius 2 is 1.89 bits per heavy atom. The van der Waals surface area contributed by atoms with Crippen molar-refractivity contribution < 1.29 is 40.9 Å². The number of alkyl carbamates (subject to hydrolysis) is 1. The fraction of sp³-hybridized carbons (Fsp3) is 0.448. The molecule has 2 fully saturated rings. The van der Waals surface area contributed by atoms with Crippen LogP contribution in [0.4, 0.5) is 4.79 Å². The van der Waals surface area contributed by atoms with Gasteiger partial charge in [0, 0.05) is 43.7 Å². The van der Waals surface area contributed by atoms with E-state index in [1.54, 1.807) is 28.8 Å². The monoisotopic (exact) mass is 664 g/mol. The fourth-order valence-electron chi connectivity index (χ4n) is 5.65. The maximum absolute atomic E-state index is 13.6. The number of carbonyl (C=O) groups is 1. The third-order valence-electron chi connectivity index (χ3n) is 8.05. The van der Waals surface area contributed by atoms with Gasteiger partial charge in [-0.05, 0) is 44.0 Å². The number of sulfonamides is 2. The number of carbonyl (C=O) groups excluding carboxylic acids is 1. The molecule has 1 aromatic heterocycles. The molecule has 2 aliphatic heterocycles. The second kappa shape index (κ2) is 13.1. The Morgan fingerprint density at radius 1 is 1.16 bits per heavy atom. The van der Waals surface area contributed by atoms with Crippen molar-refractivity contribution in [3.63, 3.8) is 0 Å². The molecular formula is C29H36N4O10S2. The van der Waals surface area contributed by atoms with Gasteiger partial charge < -0.3 is 29.2 Å². The van der Waals surface area contributed by atoms with E-state index in [2.05, 4.69) is 5.32 Å². The first kappa shape index (κ1) is 32.8. The second-order valence-corrected chi connectivity index (χ2v) is 14.6. The molecule has 0 radical (unpaired) electrons. The van der Waals surface area contributed by atoms with Gasteiger partial charge in [0.05, 0.1) is 29.2 Å². The third kappa shape index (κ3) is 7.31. The number of pyridine rings is 1. The van der Waals surface area contributed by atoms with E-state index in [1.807, 2.05) is 6.92 Å². The minimum atomic E-state index is -4.06. The van der Waals surface area contributed by atoms with Gasteiger partial charge in [-0.15, -0.1) is 0 Å². The summed E-state index contributed by atoms with van der Waals surface area (Å²) in [5.74, 6) is 0.186. The van der Waals surface area contributed by atoms with E-state index in [0.717, 1.165) is 0 Å². The summed E-state index contributed by atoms with van der Waals surface area (Å²) in [4.78, 5) is 25.2. The number of primary sulfonamides is 1. The first-order valence-electron chi connectivity index (χ1n) is 14.5. The summed E-state index contributed by atoms with van der Waals surface area (Å²) in [5, 5.41) is 18.1. The molecule has 0 aliphatic carbocycles. The number of aromatic nitrogens is 1. The number of nitrogens with one attached hydrogen (secondary N) is 1. The van der Waals surface area contributed by atoms with Crippen LogP contribution in [0.3, 0.4) is 0 Å². The van der Waals surface area contributed by atoms with E-state index in [-0.39, 0.29) is 48.4 Å². The molecule has 2 aliphatic rings. The summed E-state index contributed by atoms with van der Waals surface area (Å²) in [6.07, 6.45) is 0.0709. The van der Waals surface area contributed by atoms with Crippen molar-refractivity contribution >= 4 is 37.0 Å². The molecule has 2 aromatic carbocycles. The molecule has 5 rings (SSSR count). The van der Waals surface area contributed by atoms with Gasteiger partial charge in [0.25, 0.3) is 0 Å². The predicted molar refractivity (Wildman–Crippen MR) is 163 cm³/mol. The van der Waals surface area contributed by atoms with Crippen molar-refractivity contribution in [3.05, 3.63) is 65.0 Å². The first-order valence-corrected chi connectivity index (χ1v) is 17.4. The molecule has 0 saturated carbocycles. The lowest BCUT2D eigenvalue weighted by Gasteiger charge is -2.37. The zero-order valence-corrected chi connectivity index (χ0v) is 26.3. The van der Waals surface area contributed by atoms with E-state index in [1.165, 1.54) is 34.8 Å². The number of nitrogens with two attached hydrogens (primary N) is 1. The highest BCUT2D eigenvalue weighted by atomic mass is 32.2. The van der Waals surface area contributed by atoms with Crippen LogP contribution in [-0.2, 0) is 36.1 Å². The number of hydrogen-bond donors (Lipinski definition) is 3. The van der Waals surface area contributed by atoms with Gasteiger partial charge >= 0.3 is 6.09 Å². The van der Waals surface area contributed by atoms with Gasteiger partial charge in [-0.25, -0.2) is 26.8 Å². The lowest BCUT2D eigenvalue weighted by atomic mass is 9.89. The number of benzene rings is 2. The van der Waals surface area contributed by atoms with Crippen LogP contribution < -0.4 is 20.6 Å². The second-order valence-electron chi connectivity index (χ2n) is 11.1. The molecule has 1 unspecified atom stereocenters. The number of aryl methyl sites for hydroxylation is 1. The van der Waals surface area contributed by atoms with Gasteiger partial charge in [-0.1, -0.05) is 18.2 Å². The highest BCUT2D eigenvalue weighted by molar-refractivity contribution is 7.89. The highest BCUT2D eigenvalue weighted by Crippen LogP contribution is 2.38. The number of ether oxygens (including phenoxy) is 3. The normalized spacial score (nSPS) is 19.4. The van der Waals surface area contributed by atoms with Crippen LogP contribution in [0, 0.1) is 0 Å². The van der Waals surface area contributed by atoms with E-state index in [0.29, 0.717) is 36.7 Å². The molecule has 3 aromatic rings. The molecule has 3 heterocycles. The zero-order chi connectivity index (χ0) is 32.4. The van der Waals surface area contributed by atoms with E-state index in [4.69, 9.17) is 19.3 Å². The lowest BCUT2D eigenvalue weighted by Crippen LogP contribution is -2.47. The molecule has 1 spiro atoms. The summed E-state index contributed by atoms with van der Waals surface area (Å²) in [6, 6.07) is 12.4. The van der Waals surface area contributed by atoms with Crippen LogP contribution in [0.2, 0.25) is 0 Å². The Morgan fingerprint density at radius 3 is 2.60 bits per heavy atom. The number of rotatable bonds is 10. The van der Waals surface area contributed by atoms with Crippen molar-refractivity contribution in [1.82, 2.24) is 14.2 Å². The molecule has 45 heavy (non-hydrogen) atoms. The van der Waals surface area contributed by atoms with Crippen molar-refractivity contribution in [2.24, 2.45) is 5.14 Å². The molecule has 1 amide bonds. The van der Waals surface area contributed by atoms with E-state index in [9.17, 15) is 31.5 Å². The molecule has 16 heteroatoms. The Bertz CT molecular complexity index is 1840. The molecule has 4 N–H and O–H groups in total. The molecule has 244 valence electrons. The average molecular weight is 665 g/mol. The van der Waals surface area contributed by atoms with Crippen LogP contribution in [0.15, 0.2) is 69.3 Å². The van der Waals surface area contributed by atoms with Crippen molar-refractivity contribution in [2.75, 3.05) is 32.8 Å². The number of nitrogens with zero attached hydrogens (tertiary/aromatic N) is 2. The van der Waals surface area contributed by atoms with Gasteiger partial charge in [0.2, 0.25) is 25.5 Å². The smallest absolute Gasteiger partial charge is 0.407 e. The van der Waals surface area contributed by atoms with Gasteiger partial charge in [-0.2, -0.15) is 4.31 Å². The maximum Gasteiger partial charge on any atom is 0.407 e. The molecule has 2 atom stereocenters. The summed E-state index contributed by atoms with van der Waals surface area (Å²) < 4.78 is 70.1. The van der Waals surface area contributed by atoms with Crippen molar-refractivity contribution in [2.45, 2.75) is 60.3 Å². The van der Waals surface area contributed by atoms with Crippen LogP contribution >= 0.6 is 0 Å². The van der Waals surface area contributed by atoms with E-state index >= 15 is 0 Å². The highest BCUT2D eigenvalue weighted by Gasteiger charge is 2.46. The van der Waals surface area contributed by atoms with Crippen molar-refractivity contribution in [3.8, 4) is 5.75 Å². The van der Waals surface area contributed by atoms with Gasteiger partial charge in [-0.3, -0.25) is 4.79 Å². The lowest BCUT2D eigenvalue weighted by molar-refractivity contribution is -0.0325. The summed E-state index contributed by atoms with van der Waals surface area (Å²) in [7, 11) is -7.97. The van der Waals surface area contributed by atoms with E-state index < -0.39 is 49.4 Å². The third-order valence-corrected chi connectivity index (χ3v) is 10.9. The molecule has 0 bridgehead atoms. The Labute approximate surface area is 260 Å². The fourth-order valence-corrected chi connectivity index (χ4v) is 7.75. The van der Waals surface area contributed by atoms with Crippen LogP contribution in [0.5, 0.6) is 5.75 Å². The number of amides is 1. The standard InChI is InChI=1S/C29H36N4O10S2/c1-2-32-17-26(27(35)24-8-3-4-9-25(24)32)45(39,40)33-12-10-29(11-13-33)15-22(19-42-29)43-28(36)31-16-20(34)18-41-21-6-5-7-23(14-21)44(30,37)38/h3-9,14,17,20,22,34H,2,10-13,15-16,18-19H2,1H3,(H,31,36)(H2,30,37,38)/t20?,22-/m1/s1. The number of para-hydroxylation sites is 1. The van der Waals surface area contributed by atoms with Crippen LogP contribution in [-0.4, -0.2) is 87.6 Å². The van der Waals surface area contributed by atoms with Gasteiger partial charge in [0.1, 0.15) is 29.5 Å². The minimum Gasteiger partial charge on any atom is -0.491 e. The number of hydrogen-bond acceptors (Lipinski definition) is 10. The first-order chi connectivity index (χ1) is 21.3. The van der Waals surface area contributed by atoms with Crippen LogP contribution in [0.1, 0.15) is 26.2 Å². The Kier molecular flexibility index (Phi) is 9.53. The SMILES string of the molecule is CCn1cc(S(=O)(=O)N2CCC3(CC2)C[C@@H](OC(=O)NCC(O)COc2cccc(S(N)(=O)=O)c2)CO3)c(=O)c2ccccc21. The summed E-state index contributed by atoms with van der Waals surface area (Å²) in [5.41, 5.74) is -0.518. The molecular weight excluding hydrogens is 628 g/mol. The maximum atomic E-state index is 13.6. The summed E-state index contributed by atoms with van der Waals surface area (Å²) >= 11 is 0. The average Bonchev–Trinajstić information content (AvgIpc) is 3.40. The predicted octanol–water partition coefficient (Wildman–Crippen LogP) is 1.15. The largest absolute Gasteiger partial charge is 0.491 e. The van der Waals surface area contributed by atoms with Gasteiger partial charge in [0.15, 0.2) is 0 Å². The number of aliphatic hydroxyl groups is 1. The molecule has 14 nitrogen and oxygen atoms in total. The Hall–Kier alpha value is -3.54. The topological polar surface area (TPSA) is 197 Å².